The zero-order chi connectivity index (χ0) is 17.2. The molecule has 3 rings (SSSR count). The van der Waals surface area contributed by atoms with Gasteiger partial charge in [-0.05, 0) is 12.1 Å². The number of alkyl halides is 3. The van der Waals surface area contributed by atoms with Gasteiger partial charge in [0.1, 0.15) is 5.75 Å². The van der Waals surface area contributed by atoms with Crippen molar-refractivity contribution in [2.45, 2.75) is 12.7 Å². The van der Waals surface area contributed by atoms with Crippen molar-refractivity contribution in [1.82, 2.24) is 9.38 Å². The minimum absolute atomic E-state index is 0.0868. The van der Waals surface area contributed by atoms with E-state index < -0.39 is 12.8 Å². The molecular weight excluding hydrogens is 343 g/mol. The van der Waals surface area contributed by atoms with Gasteiger partial charge < -0.3 is 10.1 Å². The van der Waals surface area contributed by atoms with Crippen molar-refractivity contribution in [2.24, 2.45) is 0 Å². The van der Waals surface area contributed by atoms with Crippen LogP contribution in [0.2, 0.25) is 0 Å². The van der Waals surface area contributed by atoms with Gasteiger partial charge in [-0.15, -0.1) is 11.3 Å². The second kappa shape index (κ2) is 6.52. The normalized spacial score (nSPS) is 11.6. The Bertz CT molecular complexity index is 905. The number of halogens is 3. The molecule has 0 bridgehead atoms. The van der Waals surface area contributed by atoms with Crippen molar-refractivity contribution in [1.29, 1.82) is 0 Å². The zero-order valence-electron chi connectivity index (χ0n) is 12.2. The second-order valence-electron chi connectivity index (χ2n) is 4.89. The lowest BCUT2D eigenvalue weighted by atomic mass is 10.3. The maximum atomic E-state index is 12.3. The summed E-state index contributed by atoms with van der Waals surface area (Å²) in [5.41, 5.74) is 0.683. The van der Waals surface area contributed by atoms with E-state index in [-0.39, 0.29) is 17.9 Å². The summed E-state index contributed by atoms with van der Waals surface area (Å²) < 4.78 is 43.1. The molecule has 5 nitrogen and oxygen atoms in total. The highest BCUT2D eigenvalue weighted by Gasteiger charge is 2.28. The molecule has 0 fully saturated rings. The van der Waals surface area contributed by atoms with Crippen molar-refractivity contribution in [3.8, 4) is 5.75 Å². The number of benzene rings is 1. The third kappa shape index (κ3) is 3.85. The van der Waals surface area contributed by atoms with E-state index in [0.717, 1.165) is 0 Å². The Morgan fingerprint density at radius 2 is 2.08 bits per heavy atom. The molecule has 24 heavy (non-hydrogen) atoms. The first kappa shape index (κ1) is 16.3. The third-order valence-electron chi connectivity index (χ3n) is 3.09. The van der Waals surface area contributed by atoms with Gasteiger partial charge >= 0.3 is 6.18 Å². The molecule has 126 valence electrons. The average Bonchev–Trinajstić information content (AvgIpc) is 3.00. The molecule has 0 unspecified atom stereocenters. The van der Waals surface area contributed by atoms with Gasteiger partial charge in [0, 0.05) is 17.6 Å². The van der Waals surface area contributed by atoms with Gasteiger partial charge in [-0.1, -0.05) is 12.1 Å². The Hall–Kier alpha value is -2.55. The molecule has 0 radical (unpaired) electrons. The number of anilines is 1. The third-order valence-corrected chi connectivity index (χ3v) is 3.85. The van der Waals surface area contributed by atoms with Crippen LogP contribution < -0.4 is 15.6 Å². The number of thiazole rings is 1. The predicted molar refractivity (Wildman–Crippen MR) is 84.7 cm³/mol. The molecule has 0 atom stereocenters. The Morgan fingerprint density at radius 3 is 2.88 bits per heavy atom. The number of hydrogen-bond donors (Lipinski definition) is 1. The molecule has 0 saturated heterocycles. The quantitative estimate of drug-likeness (QED) is 0.763. The summed E-state index contributed by atoms with van der Waals surface area (Å²) in [6, 6.07) is 7.68. The molecule has 1 N–H and O–H groups in total. The molecular formula is C15H12F3N3O2S. The number of ether oxygens (including phenoxy) is 1. The fourth-order valence-electron chi connectivity index (χ4n) is 2.06. The number of aromatic nitrogens is 2. The lowest BCUT2D eigenvalue weighted by Gasteiger charge is -2.14. The van der Waals surface area contributed by atoms with Crippen molar-refractivity contribution in [3.63, 3.8) is 0 Å². The van der Waals surface area contributed by atoms with Crippen LogP contribution in [-0.2, 0) is 6.54 Å². The zero-order valence-corrected chi connectivity index (χ0v) is 13.0. The minimum Gasteiger partial charge on any atom is -0.482 e. The lowest BCUT2D eigenvalue weighted by molar-refractivity contribution is -0.153. The second-order valence-corrected chi connectivity index (χ2v) is 5.77. The minimum atomic E-state index is -4.41. The van der Waals surface area contributed by atoms with Gasteiger partial charge in [0.2, 0.25) is 0 Å². The molecule has 0 aliphatic heterocycles. The molecule has 0 spiro atoms. The topological polar surface area (TPSA) is 55.6 Å². The number of para-hydroxylation sites is 2. The summed E-state index contributed by atoms with van der Waals surface area (Å²) >= 11 is 1.33. The molecule has 0 amide bonds. The summed E-state index contributed by atoms with van der Waals surface area (Å²) in [6.07, 6.45) is -2.78. The number of hydrogen-bond acceptors (Lipinski definition) is 5. The Kier molecular flexibility index (Phi) is 4.43. The van der Waals surface area contributed by atoms with Crippen LogP contribution in [0.5, 0.6) is 5.75 Å². The molecule has 9 heteroatoms. The van der Waals surface area contributed by atoms with Gasteiger partial charge in [0.15, 0.2) is 11.6 Å². The van der Waals surface area contributed by atoms with Crippen LogP contribution in [0.15, 0.2) is 46.7 Å². The highest BCUT2D eigenvalue weighted by molar-refractivity contribution is 7.15. The van der Waals surface area contributed by atoms with E-state index in [1.54, 1.807) is 29.8 Å². The van der Waals surface area contributed by atoms with Crippen LogP contribution >= 0.6 is 11.3 Å². The van der Waals surface area contributed by atoms with Gasteiger partial charge in [-0.3, -0.25) is 9.20 Å². The lowest BCUT2D eigenvalue weighted by Crippen LogP contribution is -2.20. The largest absolute Gasteiger partial charge is 0.482 e. The monoisotopic (exact) mass is 355 g/mol. The summed E-state index contributed by atoms with van der Waals surface area (Å²) in [5.74, 6) is 0.0868. The molecule has 0 aliphatic carbocycles. The van der Waals surface area contributed by atoms with E-state index in [1.165, 1.54) is 27.9 Å². The van der Waals surface area contributed by atoms with Crippen LogP contribution in [-0.4, -0.2) is 22.2 Å². The first-order valence-electron chi connectivity index (χ1n) is 6.91. The Morgan fingerprint density at radius 1 is 1.29 bits per heavy atom. The van der Waals surface area contributed by atoms with E-state index in [1.807, 2.05) is 0 Å². The summed E-state index contributed by atoms with van der Waals surface area (Å²) in [5, 5.41) is 4.70. The van der Waals surface area contributed by atoms with Crippen LogP contribution in [0.3, 0.4) is 0 Å². The maximum absolute atomic E-state index is 12.3. The summed E-state index contributed by atoms with van der Waals surface area (Å²) in [7, 11) is 0. The van der Waals surface area contributed by atoms with Gasteiger partial charge in [0.05, 0.1) is 17.9 Å². The molecule has 2 aromatic heterocycles. The molecule has 1 aromatic carbocycles. The molecule has 2 heterocycles. The molecule has 0 aliphatic rings. The highest BCUT2D eigenvalue weighted by atomic mass is 32.1. The smallest absolute Gasteiger partial charge is 0.422 e. The van der Waals surface area contributed by atoms with Crippen molar-refractivity contribution >= 4 is 22.0 Å². The predicted octanol–water partition coefficient (Wildman–Crippen LogP) is 3.31. The highest BCUT2D eigenvalue weighted by Crippen LogP contribution is 2.26. The van der Waals surface area contributed by atoms with Crippen LogP contribution in [0.25, 0.3) is 4.96 Å². The Balaban J connectivity index is 1.75. The van der Waals surface area contributed by atoms with E-state index in [4.69, 9.17) is 4.74 Å². The number of nitrogens with zero attached hydrogens (tertiary/aromatic N) is 2. The number of fused-ring (bicyclic) bond motifs is 1. The van der Waals surface area contributed by atoms with Gasteiger partial charge in [-0.25, -0.2) is 4.98 Å². The average molecular weight is 355 g/mol. The standard InChI is InChI=1S/C15H12F3N3O2S/c16-15(17,18)9-23-12-4-2-1-3-11(12)19-8-10-7-13(22)21-5-6-24-14(21)20-10/h1-7,19H,8-9H2. The number of rotatable bonds is 5. The van der Waals surface area contributed by atoms with Crippen molar-refractivity contribution < 1.29 is 17.9 Å². The summed E-state index contributed by atoms with van der Waals surface area (Å²) in [6.45, 7) is -1.18. The fourth-order valence-corrected chi connectivity index (χ4v) is 2.80. The molecule has 3 aromatic rings. The van der Waals surface area contributed by atoms with Gasteiger partial charge in [-0.2, -0.15) is 13.2 Å². The van der Waals surface area contributed by atoms with E-state index >= 15 is 0 Å². The molecule has 0 saturated carbocycles. The van der Waals surface area contributed by atoms with Crippen molar-refractivity contribution in [3.05, 3.63) is 58.0 Å². The van der Waals surface area contributed by atoms with Gasteiger partial charge in [0.25, 0.3) is 5.56 Å². The number of nitrogens with one attached hydrogen (secondary N) is 1. The maximum Gasteiger partial charge on any atom is 0.422 e. The first-order valence-corrected chi connectivity index (χ1v) is 7.78. The fraction of sp³-hybridized carbons (Fsp3) is 0.200. The summed E-state index contributed by atoms with van der Waals surface area (Å²) in [4.78, 5) is 16.8. The van der Waals surface area contributed by atoms with Crippen LogP contribution in [0, 0.1) is 0 Å². The van der Waals surface area contributed by atoms with Crippen LogP contribution in [0.4, 0.5) is 18.9 Å². The van der Waals surface area contributed by atoms with E-state index in [2.05, 4.69) is 10.3 Å². The SMILES string of the molecule is O=c1cc(CNc2ccccc2OCC(F)(F)F)nc2sccn12. The van der Waals surface area contributed by atoms with Crippen LogP contribution in [0.1, 0.15) is 5.69 Å². The van der Waals surface area contributed by atoms with Crippen molar-refractivity contribution in [2.75, 3.05) is 11.9 Å². The van der Waals surface area contributed by atoms with E-state index in [0.29, 0.717) is 16.3 Å². The Labute approximate surface area is 138 Å². The first-order chi connectivity index (χ1) is 11.4. The van der Waals surface area contributed by atoms with E-state index in [9.17, 15) is 18.0 Å².